The zero-order chi connectivity index (χ0) is 17.1. The largest absolute Gasteiger partial charge is 0.326 e. The predicted octanol–water partition coefficient (Wildman–Crippen LogP) is 5.62. The summed E-state index contributed by atoms with van der Waals surface area (Å²) in [5, 5.41) is 8.98. The van der Waals surface area contributed by atoms with Crippen LogP contribution >= 0.6 is 11.9 Å². The van der Waals surface area contributed by atoms with Gasteiger partial charge in [0.1, 0.15) is 0 Å². The lowest BCUT2D eigenvalue weighted by atomic mass is 10.1. The van der Waals surface area contributed by atoms with E-state index in [9.17, 15) is 0 Å². The SMILES string of the molecule is N#Cc1cccc(SNc2cccc(-c3ccc(C4CC4)cn3)c2)c1. The smallest absolute Gasteiger partial charge is 0.0992 e. The summed E-state index contributed by atoms with van der Waals surface area (Å²) in [5.74, 6) is 0.732. The van der Waals surface area contributed by atoms with E-state index in [2.05, 4.69) is 40.0 Å². The molecule has 3 aromatic rings. The van der Waals surface area contributed by atoms with Crippen molar-refractivity contribution in [1.82, 2.24) is 4.98 Å². The number of nitrogens with one attached hydrogen (secondary N) is 1. The van der Waals surface area contributed by atoms with Crippen molar-refractivity contribution in [1.29, 1.82) is 5.26 Å². The van der Waals surface area contributed by atoms with Crippen molar-refractivity contribution in [3.63, 3.8) is 0 Å². The monoisotopic (exact) mass is 343 g/mol. The van der Waals surface area contributed by atoms with E-state index in [0.29, 0.717) is 5.56 Å². The Kier molecular flexibility index (Phi) is 4.41. The summed E-state index contributed by atoms with van der Waals surface area (Å²) < 4.78 is 3.34. The van der Waals surface area contributed by atoms with Crippen LogP contribution in [0, 0.1) is 11.3 Å². The van der Waals surface area contributed by atoms with Crippen LogP contribution in [-0.2, 0) is 0 Å². The van der Waals surface area contributed by atoms with E-state index >= 15 is 0 Å². The van der Waals surface area contributed by atoms with Gasteiger partial charge in [-0.2, -0.15) is 5.26 Å². The molecule has 0 bridgehead atoms. The van der Waals surface area contributed by atoms with Gasteiger partial charge in [-0.15, -0.1) is 0 Å². The molecule has 1 aromatic heterocycles. The van der Waals surface area contributed by atoms with E-state index in [-0.39, 0.29) is 0 Å². The Hall–Kier alpha value is -2.77. The first-order valence-corrected chi connectivity index (χ1v) is 9.13. The maximum Gasteiger partial charge on any atom is 0.0992 e. The number of benzene rings is 2. The predicted molar refractivity (Wildman–Crippen MR) is 102 cm³/mol. The van der Waals surface area contributed by atoms with E-state index in [1.165, 1.54) is 30.4 Å². The lowest BCUT2D eigenvalue weighted by molar-refractivity contribution is 1.10. The zero-order valence-electron chi connectivity index (χ0n) is 13.6. The molecule has 0 unspecified atom stereocenters. The number of nitriles is 1. The molecule has 122 valence electrons. The highest BCUT2D eigenvalue weighted by molar-refractivity contribution is 8.00. The van der Waals surface area contributed by atoms with Gasteiger partial charge in [0.15, 0.2) is 0 Å². The van der Waals surface area contributed by atoms with E-state index in [1.807, 2.05) is 42.6 Å². The third kappa shape index (κ3) is 3.84. The number of hydrogen-bond acceptors (Lipinski definition) is 4. The van der Waals surface area contributed by atoms with Crippen molar-refractivity contribution in [2.45, 2.75) is 23.7 Å². The first kappa shape index (κ1) is 15.7. The van der Waals surface area contributed by atoms with E-state index in [1.54, 1.807) is 0 Å². The Morgan fingerprint density at radius 3 is 2.68 bits per heavy atom. The molecule has 0 aliphatic heterocycles. The van der Waals surface area contributed by atoms with Gasteiger partial charge in [0.2, 0.25) is 0 Å². The second-order valence-corrected chi connectivity index (χ2v) is 7.06. The van der Waals surface area contributed by atoms with Crippen molar-refractivity contribution in [3.05, 3.63) is 78.0 Å². The topological polar surface area (TPSA) is 48.7 Å². The Bertz CT molecular complexity index is 924. The second kappa shape index (κ2) is 7.00. The summed E-state index contributed by atoms with van der Waals surface area (Å²) in [4.78, 5) is 5.63. The lowest BCUT2D eigenvalue weighted by Crippen LogP contribution is -1.90. The summed E-state index contributed by atoms with van der Waals surface area (Å²) in [5.41, 5.74) is 5.12. The fourth-order valence-electron chi connectivity index (χ4n) is 2.72. The fraction of sp³-hybridized carbons (Fsp3) is 0.143. The van der Waals surface area contributed by atoms with Gasteiger partial charge in [-0.25, -0.2) is 0 Å². The van der Waals surface area contributed by atoms with Gasteiger partial charge in [0.25, 0.3) is 0 Å². The molecule has 1 aliphatic carbocycles. The van der Waals surface area contributed by atoms with Crippen LogP contribution in [0.25, 0.3) is 11.3 Å². The Morgan fingerprint density at radius 2 is 1.92 bits per heavy atom. The van der Waals surface area contributed by atoms with E-state index in [4.69, 9.17) is 5.26 Å². The minimum atomic E-state index is 0.667. The molecule has 3 nitrogen and oxygen atoms in total. The molecule has 1 aliphatic rings. The molecule has 0 spiro atoms. The van der Waals surface area contributed by atoms with Gasteiger partial charge >= 0.3 is 0 Å². The molecule has 0 saturated heterocycles. The zero-order valence-corrected chi connectivity index (χ0v) is 14.5. The third-order valence-corrected chi connectivity index (χ3v) is 5.07. The highest BCUT2D eigenvalue weighted by atomic mass is 32.2. The van der Waals surface area contributed by atoms with Gasteiger partial charge in [0.05, 0.1) is 17.3 Å². The summed E-state index contributed by atoms with van der Waals surface area (Å²) in [6, 6.07) is 22.3. The summed E-state index contributed by atoms with van der Waals surface area (Å²) in [6.07, 6.45) is 4.60. The molecule has 1 saturated carbocycles. The summed E-state index contributed by atoms with van der Waals surface area (Å²) >= 11 is 1.50. The third-order valence-electron chi connectivity index (χ3n) is 4.24. The van der Waals surface area contributed by atoms with Crippen LogP contribution in [0.3, 0.4) is 0 Å². The van der Waals surface area contributed by atoms with Crippen molar-refractivity contribution >= 4 is 17.6 Å². The number of pyridine rings is 1. The van der Waals surface area contributed by atoms with Crippen molar-refractivity contribution in [3.8, 4) is 17.3 Å². The normalized spacial score (nSPS) is 13.2. The van der Waals surface area contributed by atoms with E-state index < -0.39 is 0 Å². The van der Waals surface area contributed by atoms with Crippen LogP contribution in [0.1, 0.15) is 29.9 Å². The van der Waals surface area contributed by atoms with Gasteiger partial charge in [-0.1, -0.05) is 24.3 Å². The number of anilines is 1. The number of hydrogen-bond donors (Lipinski definition) is 1. The minimum absolute atomic E-state index is 0.667. The Balaban J connectivity index is 1.48. The highest BCUT2D eigenvalue weighted by Crippen LogP contribution is 2.40. The van der Waals surface area contributed by atoms with Crippen LogP contribution < -0.4 is 4.72 Å². The molecule has 0 radical (unpaired) electrons. The molecule has 2 aromatic carbocycles. The Morgan fingerprint density at radius 1 is 1.04 bits per heavy atom. The van der Waals surface area contributed by atoms with Crippen molar-refractivity contribution < 1.29 is 0 Å². The molecular weight excluding hydrogens is 326 g/mol. The molecule has 0 amide bonds. The van der Waals surface area contributed by atoms with Crippen LogP contribution in [0.4, 0.5) is 5.69 Å². The fourth-order valence-corrected chi connectivity index (χ4v) is 3.42. The molecule has 1 fully saturated rings. The van der Waals surface area contributed by atoms with Gasteiger partial charge in [0, 0.05) is 22.3 Å². The summed E-state index contributed by atoms with van der Waals surface area (Å²) in [7, 11) is 0. The van der Waals surface area contributed by atoms with Crippen LogP contribution in [-0.4, -0.2) is 4.98 Å². The number of aromatic nitrogens is 1. The lowest BCUT2D eigenvalue weighted by Gasteiger charge is -2.08. The average molecular weight is 343 g/mol. The summed E-state index contributed by atoms with van der Waals surface area (Å²) in [6.45, 7) is 0. The van der Waals surface area contributed by atoms with Gasteiger partial charge in [-0.05, 0) is 72.7 Å². The van der Waals surface area contributed by atoms with Gasteiger partial charge in [-0.3, -0.25) is 4.98 Å². The minimum Gasteiger partial charge on any atom is -0.326 e. The molecule has 0 atom stereocenters. The van der Waals surface area contributed by atoms with Gasteiger partial charge < -0.3 is 4.72 Å². The van der Waals surface area contributed by atoms with Crippen LogP contribution in [0.15, 0.2) is 71.8 Å². The first-order valence-electron chi connectivity index (χ1n) is 8.31. The maximum absolute atomic E-state index is 8.98. The number of nitrogens with zero attached hydrogens (tertiary/aromatic N) is 2. The van der Waals surface area contributed by atoms with Crippen molar-refractivity contribution in [2.75, 3.05) is 4.72 Å². The molecule has 4 rings (SSSR count). The second-order valence-electron chi connectivity index (χ2n) is 6.18. The van der Waals surface area contributed by atoms with Crippen LogP contribution in [0.2, 0.25) is 0 Å². The maximum atomic E-state index is 8.98. The molecule has 4 heteroatoms. The number of rotatable bonds is 5. The molecular formula is C21H17N3S. The molecule has 1 N–H and O–H groups in total. The standard InChI is InChI=1S/C21H17N3S/c22-13-15-3-1-6-20(11-15)25-24-19-5-2-4-17(12-19)21-10-9-18(14-23-21)16-7-8-16/h1-6,9-12,14,16,24H,7-8H2. The molecule has 1 heterocycles. The first-order chi connectivity index (χ1) is 12.3. The van der Waals surface area contributed by atoms with E-state index in [0.717, 1.165) is 27.8 Å². The average Bonchev–Trinajstić information content (AvgIpc) is 3.52. The van der Waals surface area contributed by atoms with Crippen LogP contribution in [0.5, 0.6) is 0 Å². The Labute approximate surface area is 151 Å². The van der Waals surface area contributed by atoms with Crippen molar-refractivity contribution in [2.24, 2.45) is 0 Å². The highest BCUT2D eigenvalue weighted by Gasteiger charge is 2.23. The molecule has 25 heavy (non-hydrogen) atoms. The quantitative estimate of drug-likeness (QED) is 0.611.